The number of benzene rings is 1. The smallest absolute Gasteiger partial charge is 0.329 e. The molecule has 1 aliphatic heterocycles. The summed E-state index contributed by atoms with van der Waals surface area (Å²) in [5.74, 6) is 6.34. The molecular weight excluding hydrogens is 198 g/mol. The van der Waals surface area contributed by atoms with Crippen molar-refractivity contribution in [3.63, 3.8) is 0 Å². The summed E-state index contributed by atoms with van der Waals surface area (Å²) in [5, 5.41) is 2.57. The van der Waals surface area contributed by atoms with Crippen molar-refractivity contribution in [3.05, 3.63) is 23.8 Å². The molecule has 6 heteroatoms. The third-order valence-corrected chi connectivity index (χ3v) is 2.02. The van der Waals surface area contributed by atoms with Crippen LogP contribution in [0.5, 0.6) is 11.5 Å². The normalized spacial score (nSPS) is 12.3. The minimum Gasteiger partial charge on any atom is -0.454 e. The first kappa shape index (κ1) is 9.60. The summed E-state index contributed by atoms with van der Waals surface area (Å²) in [6.07, 6.45) is 0. The van der Waals surface area contributed by atoms with Gasteiger partial charge in [0.25, 0.3) is 0 Å². The minimum atomic E-state index is -0.423. The Labute approximate surface area is 86.3 Å². The predicted octanol–water partition coefficient (Wildman–Crippen LogP) is 0.0882. The average Bonchev–Trinajstić information content (AvgIpc) is 2.72. The van der Waals surface area contributed by atoms with Crippen LogP contribution in [0.2, 0.25) is 0 Å². The molecule has 2 rings (SSSR count). The summed E-state index contributed by atoms with van der Waals surface area (Å²) >= 11 is 0. The molecule has 0 aliphatic carbocycles. The van der Waals surface area contributed by atoms with E-state index >= 15 is 0 Å². The number of carbonyl (C=O) groups is 1. The molecule has 0 atom stereocenters. The molecule has 0 fully saturated rings. The monoisotopic (exact) mass is 209 g/mol. The fourth-order valence-corrected chi connectivity index (χ4v) is 1.28. The number of carbonyl (C=O) groups excluding carboxylic acids is 1. The highest BCUT2D eigenvalue weighted by molar-refractivity contribution is 5.73. The number of nitrogens with one attached hydrogen (secondary N) is 2. The highest BCUT2D eigenvalue weighted by Crippen LogP contribution is 2.32. The minimum absolute atomic E-state index is 0.246. The first-order valence-corrected chi connectivity index (χ1v) is 4.42. The number of hydrogen-bond acceptors (Lipinski definition) is 4. The number of amides is 2. The van der Waals surface area contributed by atoms with Crippen molar-refractivity contribution < 1.29 is 14.3 Å². The maximum atomic E-state index is 10.8. The summed E-state index contributed by atoms with van der Waals surface area (Å²) < 4.78 is 10.4. The van der Waals surface area contributed by atoms with Crippen LogP contribution in [0, 0.1) is 0 Å². The van der Waals surface area contributed by atoms with Crippen molar-refractivity contribution in [3.8, 4) is 11.5 Å². The van der Waals surface area contributed by atoms with Crippen LogP contribution >= 0.6 is 0 Å². The van der Waals surface area contributed by atoms with Crippen molar-refractivity contribution in [1.29, 1.82) is 0 Å². The van der Waals surface area contributed by atoms with Gasteiger partial charge in [0.05, 0.1) is 0 Å². The lowest BCUT2D eigenvalue weighted by molar-refractivity contribution is 0.174. The largest absolute Gasteiger partial charge is 0.454 e. The van der Waals surface area contributed by atoms with E-state index in [1.54, 1.807) is 6.07 Å². The standard InChI is InChI=1S/C9H11N3O3/c10-12-9(13)11-4-6-1-2-7-8(3-6)15-5-14-7/h1-3H,4-5,10H2,(H2,11,12,13). The zero-order valence-corrected chi connectivity index (χ0v) is 7.95. The predicted molar refractivity (Wildman–Crippen MR) is 52.1 cm³/mol. The van der Waals surface area contributed by atoms with Gasteiger partial charge in [-0.15, -0.1) is 0 Å². The Balaban J connectivity index is 2.01. The van der Waals surface area contributed by atoms with Crippen LogP contribution in [0.3, 0.4) is 0 Å². The van der Waals surface area contributed by atoms with Crippen molar-refractivity contribution in [2.24, 2.45) is 5.84 Å². The van der Waals surface area contributed by atoms with E-state index in [2.05, 4.69) is 5.32 Å². The summed E-state index contributed by atoms with van der Waals surface area (Å²) in [7, 11) is 0. The molecule has 80 valence electrons. The van der Waals surface area contributed by atoms with Crippen LogP contribution in [0.4, 0.5) is 4.79 Å². The van der Waals surface area contributed by atoms with E-state index in [4.69, 9.17) is 15.3 Å². The van der Waals surface area contributed by atoms with Crippen LogP contribution in [0.25, 0.3) is 0 Å². The van der Waals surface area contributed by atoms with E-state index in [0.717, 1.165) is 11.3 Å². The van der Waals surface area contributed by atoms with Crippen LogP contribution in [0.15, 0.2) is 18.2 Å². The van der Waals surface area contributed by atoms with Crippen molar-refractivity contribution in [2.45, 2.75) is 6.54 Å². The number of ether oxygens (including phenoxy) is 2. The van der Waals surface area contributed by atoms with E-state index in [1.807, 2.05) is 17.6 Å². The van der Waals surface area contributed by atoms with Gasteiger partial charge < -0.3 is 14.8 Å². The van der Waals surface area contributed by atoms with E-state index in [0.29, 0.717) is 12.3 Å². The molecule has 0 unspecified atom stereocenters. The molecular formula is C9H11N3O3. The van der Waals surface area contributed by atoms with Crippen LogP contribution in [-0.4, -0.2) is 12.8 Å². The highest BCUT2D eigenvalue weighted by atomic mass is 16.7. The van der Waals surface area contributed by atoms with E-state index in [9.17, 15) is 4.79 Å². The quantitative estimate of drug-likeness (QED) is 0.366. The van der Waals surface area contributed by atoms with Crippen molar-refractivity contribution in [2.75, 3.05) is 6.79 Å². The Bertz CT molecular complexity index is 381. The number of urea groups is 1. The van der Waals surface area contributed by atoms with Gasteiger partial charge in [-0.25, -0.2) is 10.6 Å². The molecule has 0 bridgehead atoms. The van der Waals surface area contributed by atoms with Gasteiger partial charge >= 0.3 is 6.03 Å². The zero-order chi connectivity index (χ0) is 10.7. The van der Waals surface area contributed by atoms with Crippen molar-refractivity contribution >= 4 is 6.03 Å². The number of fused-ring (bicyclic) bond motifs is 1. The van der Waals surface area contributed by atoms with Gasteiger partial charge in [-0.05, 0) is 17.7 Å². The second kappa shape index (κ2) is 4.05. The average molecular weight is 209 g/mol. The number of nitrogens with two attached hydrogens (primary N) is 1. The zero-order valence-electron chi connectivity index (χ0n) is 7.95. The van der Waals surface area contributed by atoms with E-state index in [-0.39, 0.29) is 6.79 Å². The SMILES string of the molecule is NNC(=O)NCc1ccc2c(c1)OCO2. The van der Waals surface area contributed by atoms with Gasteiger partial charge in [-0.3, -0.25) is 5.43 Å². The summed E-state index contributed by atoms with van der Waals surface area (Å²) in [6.45, 7) is 0.634. The first-order chi connectivity index (χ1) is 7.29. The Morgan fingerprint density at radius 2 is 2.20 bits per heavy atom. The lowest BCUT2D eigenvalue weighted by Gasteiger charge is -2.04. The molecule has 1 aromatic carbocycles. The fraction of sp³-hybridized carbons (Fsp3) is 0.222. The molecule has 0 saturated heterocycles. The van der Waals surface area contributed by atoms with E-state index < -0.39 is 6.03 Å². The third kappa shape index (κ3) is 2.10. The topological polar surface area (TPSA) is 85.6 Å². The van der Waals surface area contributed by atoms with Gasteiger partial charge in [0.15, 0.2) is 11.5 Å². The Morgan fingerprint density at radius 1 is 1.40 bits per heavy atom. The van der Waals surface area contributed by atoms with Crippen molar-refractivity contribution in [1.82, 2.24) is 10.7 Å². The van der Waals surface area contributed by atoms with Gasteiger partial charge in [-0.1, -0.05) is 6.07 Å². The Hall–Kier alpha value is -1.95. The second-order valence-corrected chi connectivity index (χ2v) is 3.01. The van der Waals surface area contributed by atoms with Gasteiger partial charge in [0, 0.05) is 6.54 Å². The molecule has 0 radical (unpaired) electrons. The molecule has 0 spiro atoms. The van der Waals surface area contributed by atoms with Gasteiger partial charge in [-0.2, -0.15) is 0 Å². The fourth-order valence-electron chi connectivity index (χ4n) is 1.28. The molecule has 2 amide bonds. The van der Waals surface area contributed by atoms with Crippen LogP contribution in [-0.2, 0) is 6.54 Å². The first-order valence-electron chi connectivity index (χ1n) is 4.42. The highest BCUT2D eigenvalue weighted by Gasteiger charge is 2.13. The molecule has 15 heavy (non-hydrogen) atoms. The number of hydrazine groups is 1. The molecule has 1 aliphatic rings. The molecule has 1 heterocycles. The molecule has 6 nitrogen and oxygen atoms in total. The lowest BCUT2D eigenvalue weighted by atomic mass is 10.2. The summed E-state index contributed by atoms with van der Waals surface area (Å²) in [4.78, 5) is 10.8. The summed E-state index contributed by atoms with van der Waals surface area (Å²) in [6, 6.07) is 5.05. The maximum Gasteiger partial charge on any atom is 0.329 e. The Kier molecular flexibility index (Phi) is 2.59. The molecule has 1 aromatic rings. The molecule has 0 saturated carbocycles. The second-order valence-electron chi connectivity index (χ2n) is 3.01. The summed E-state index contributed by atoms with van der Waals surface area (Å²) in [5.41, 5.74) is 2.90. The number of rotatable bonds is 2. The van der Waals surface area contributed by atoms with E-state index in [1.165, 1.54) is 0 Å². The Morgan fingerprint density at radius 3 is 3.00 bits per heavy atom. The van der Waals surface area contributed by atoms with Crippen LogP contribution < -0.4 is 26.1 Å². The third-order valence-electron chi connectivity index (χ3n) is 2.02. The molecule has 0 aromatic heterocycles. The maximum absolute atomic E-state index is 10.8. The van der Waals surface area contributed by atoms with Crippen LogP contribution in [0.1, 0.15) is 5.56 Å². The molecule has 4 N–H and O–H groups in total. The van der Waals surface area contributed by atoms with Gasteiger partial charge in [0.1, 0.15) is 0 Å². The lowest BCUT2D eigenvalue weighted by Crippen LogP contribution is -2.39. The number of hydrogen-bond donors (Lipinski definition) is 3. The van der Waals surface area contributed by atoms with Gasteiger partial charge in [0.2, 0.25) is 6.79 Å².